The topological polar surface area (TPSA) is 30.7 Å². The average molecular weight is 782 g/mol. The Hall–Kier alpha value is -7.66. The van der Waals surface area contributed by atoms with E-state index in [1.807, 2.05) is 17.4 Å². The molecule has 3 heterocycles. The first-order valence-electron chi connectivity index (χ1n) is 20.3. The summed E-state index contributed by atoms with van der Waals surface area (Å²) in [6.45, 7) is 0. The normalized spacial score (nSPS) is 11.7. The maximum atomic E-state index is 5.29. The number of hydrogen-bond acceptors (Lipinski definition) is 3. The van der Waals surface area contributed by atoms with E-state index in [9.17, 15) is 0 Å². The molecule has 0 amide bonds. The van der Waals surface area contributed by atoms with Gasteiger partial charge in [-0.3, -0.25) is 0 Å². The standard InChI is InChI=1S/C56H35N3S/c1-3-13-36(14-4-1)37-25-27-38(28-26-37)41-18-11-19-42(33-41)49-35-48(40-16-5-2-6-17-40)57-56(58-49)43-30-32-47-53(34-43)60-52-24-12-23-51(54(47)52)59-50-22-10-9-21-45(50)46-31-29-39-15-7-8-20-44(39)55(46)59/h1-35H. The molecular formula is C56H35N3S. The number of rotatable bonds is 6. The second-order valence-corrected chi connectivity index (χ2v) is 16.4. The summed E-state index contributed by atoms with van der Waals surface area (Å²) in [6.07, 6.45) is 0. The fourth-order valence-corrected chi connectivity index (χ4v) is 10.1. The summed E-state index contributed by atoms with van der Waals surface area (Å²) in [4.78, 5) is 10.5. The first-order valence-corrected chi connectivity index (χ1v) is 21.1. The fraction of sp³-hybridized carbons (Fsp3) is 0. The van der Waals surface area contributed by atoms with Gasteiger partial charge in [0.1, 0.15) is 0 Å². The average Bonchev–Trinajstić information content (AvgIpc) is 3.88. The second kappa shape index (κ2) is 14.0. The third-order valence-corrected chi connectivity index (χ3v) is 12.9. The van der Waals surface area contributed by atoms with Gasteiger partial charge in [0.15, 0.2) is 5.82 Å². The molecule has 60 heavy (non-hydrogen) atoms. The third-order valence-electron chi connectivity index (χ3n) is 11.8. The zero-order valence-electron chi connectivity index (χ0n) is 32.5. The van der Waals surface area contributed by atoms with Crippen LogP contribution in [0.25, 0.3) is 115 Å². The van der Waals surface area contributed by atoms with E-state index in [0.29, 0.717) is 5.82 Å². The van der Waals surface area contributed by atoms with Crippen molar-refractivity contribution in [2.24, 2.45) is 0 Å². The maximum absolute atomic E-state index is 5.29. The van der Waals surface area contributed by atoms with Crippen molar-refractivity contribution in [2.45, 2.75) is 0 Å². The molecule has 0 unspecified atom stereocenters. The molecule has 0 aliphatic heterocycles. The van der Waals surface area contributed by atoms with Crippen LogP contribution in [0.3, 0.4) is 0 Å². The number of fused-ring (bicyclic) bond motifs is 8. The van der Waals surface area contributed by atoms with Crippen LogP contribution >= 0.6 is 11.3 Å². The zero-order valence-corrected chi connectivity index (χ0v) is 33.3. The number of nitrogens with zero attached hydrogens (tertiary/aromatic N) is 3. The van der Waals surface area contributed by atoms with E-state index in [1.165, 1.54) is 69.6 Å². The number of benzene rings is 9. The van der Waals surface area contributed by atoms with Crippen LogP contribution in [0, 0.1) is 0 Å². The summed E-state index contributed by atoms with van der Waals surface area (Å²) in [5, 5.41) is 7.50. The van der Waals surface area contributed by atoms with E-state index in [2.05, 4.69) is 211 Å². The van der Waals surface area contributed by atoms with Gasteiger partial charge in [0.05, 0.1) is 28.1 Å². The smallest absolute Gasteiger partial charge is 0.160 e. The molecule has 0 aliphatic carbocycles. The molecular weight excluding hydrogens is 747 g/mol. The molecule has 0 N–H and O–H groups in total. The molecule has 3 aromatic heterocycles. The molecule has 4 heteroatoms. The van der Waals surface area contributed by atoms with E-state index in [-0.39, 0.29) is 0 Å². The Bertz CT molecular complexity index is 3580. The highest BCUT2D eigenvalue weighted by Gasteiger charge is 2.19. The quantitative estimate of drug-likeness (QED) is 0.168. The second-order valence-electron chi connectivity index (χ2n) is 15.4. The van der Waals surface area contributed by atoms with Crippen molar-refractivity contribution in [3.8, 4) is 61.8 Å². The summed E-state index contributed by atoms with van der Waals surface area (Å²) < 4.78 is 4.94. The van der Waals surface area contributed by atoms with Crippen molar-refractivity contribution in [3.63, 3.8) is 0 Å². The van der Waals surface area contributed by atoms with Gasteiger partial charge in [-0.25, -0.2) is 9.97 Å². The van der Waals surface area contributed by atoms with Crippen LogP contribution in [0.4, 0.5) is 0 Å². The lowest BCUT2D eigenvalue weighted by molar-refractivity contribution is 1.18. The highest BCUT2D eigenvalue weighted by atomic mass is 32.1. The van der Waals surface area contributed by atoms with Crippen LogP contribution < -0.4 is 0 Å². The zero-order chi connectivity index (χ0) is 39.6. The molecule has 0 atom stereocenters. The minimum Gasteiger partial charge on any atom is -0.308 e. The van der Waals surface area contributed by atoms with Crippen LogP contribution in [0.5, 0.6) is 0 Å². The molecule has 0 spiro atoms. The van der Waals surface area contributed by atoms with Gasteiger partial charge in [-0.1, -0.05) is 176 Å². The van der Waals surface area contributed by atoms with Crippen molar-refractivity contribution in [2.75, 3.05) is 0 Å². The molecule has 12 rings (SSSR count). The molecule has 0 saturated carbocycles. The summed E-state index contributed by atoms with van der Waals surface area (Å²) in [7, 11) is 0. The summed E-state index contributed by atoms with van der Waals surface area (Å²) in [6, 6.07) is 76.1. The van der Waals surface area contributed by atoms with Crippen LogP contribution in [0.1, 0.15) is 0 Å². The van der Waals surface area contributed by atoms with E-state index in [4.69, 9.17) is 9.97 Å². The van der Waals surface area contributed by atoms with Crippen molar-refractivity contribution in [1.82, 2.24) is 14.5 Å². The molecule has 0 bridgehead atoms. The maximum Gasteiger partial charge on any atom is 0.160 e. The molecule has 12 aromatic rings. The van der Waals surface area contributed by atoms with Gasteiger partial charge in [-0.15, -0.1) is 11.3 Å². The fourth-order valence-electron chi connectivity index (χ4n) is 8.94. The number of hydrogen-bond donors (Lipinski definition) is 0. The molecule has 0 fully saturated rings. The van der Waals surface area contributed by atoms with Gasteiger partial charge in [-0.2, -0.15) is 0 Å². The van der Waals surface area contributed by atoms with Crippen LogP contribution in [0.2, 0.25) is 0 Å². The lowest BCUT2D eigenvalue weighted by Crippen LogP contribution is -1.96. The predicted molar refractivity (Wildman–Crippen MR) is 254 cm³/mol. The molecule has 0 saturated heterocycles. The van der Waals surface area contributed by atoms with Crippen molar-refractivity contribution in [3.05, 3.63) is 212 Å². The molecule has 0 radical (unpaired) electrons. The van der Waals surface area contributed by atoms with Gasteiger partial charge < -0.3 is 4.57 Å². The Kier molecular flexibility index (Phi) is 8.03. The Morgan fingerprint density at radius 2 is 0.950 bits per heavy atom. The minimum absolute atomic E-state index is 0.706. The van der Waals surface area contributed by atoms with Gasteiger partial charge in [0, 0.05) is 53.0 Å². The van der Waals surface area contributed by atoms with E-state index < -0.39 is 0 Å². The van der Waals surface area contributed by atoms with Crippen LogP contribution in [-0.4, -0.2) is 14.5 Å². The largest absolute Gasteiger partial charge is 0.308 e. The number of para-hydroxylation sites is 1. The molecule has 280 valence electrons. The first kappa shape index (κ1) is 34.4. The Morgan fingerprint density at radius 1 is 0.350 bits per heavy atom. The predicted octanol–water partition coefficient (Wildman–Crippen LogP) is 15.4. The van der Waals surface area contributed by atoms with Gasteiger partial charge in [0.25, 0.3) is 0 Å². The molecule has 3 nitrogen and oxygen atoms in total. The first-order chi connectivity index (χ1) is 29.7. The minimum atomic E-state index is 0.706. The van der Waals surface area contributed by atoms with Crippen LogP contribution in [-0.2, 0) is 0 Å². The lowest BCUT2D eigenvalue weighted by atomic mass is 9.98. The summed E-state index contributed by atoms with van der Waals surface area (Å²) >= 11 is 1.83. The Balaban J connectivity index is 0.995. The van der Waals surface area contributed by atoms with E-state index in [1.54, 1.807) is 0 Å². The van der Waals surface area contributed by atoms with Crippen molar-refractivity contribution < 1.29 is 0 Å². The van der Waals surface area contributed by atoms with E-state index >= 15 is 0 Å². The highest BCUT2D eigenvalue weighted by molar-refractivity contribution is 7.26. The van der Waals surface area contributed by atoms with E-state index in [0.717, 1.165) is 39.2 Å². The van der Waals surface area contributed by atoms with Gasteiger partial charge in [0.2, 0.25) is 0 Å². The highest BCUT2D eigenvalue weighted by Crippen LogP contribution is 2.43. The lowest BCUT2D eigenvalue weighted by Gasteiger charge is -2.12. The molecule has 0 aliphatic rings. The van der Waals surface area contributed by atoms with Crippen molar-refractivity contribution in [1.29, 1.82) is 0 Å². The number of aromatic nitrogens is 3. The van der Waals surface area contributed by atoms with Gasteiger partial charge >= 0.3 is 0 Å². The van der Waals surface area contributed by atoms with Gasteiger partial charge in [-0.05, 0) is 64.0 Å². The number of thiophene rings is 1. The monoisotopic (exact) mass is 781 g/mol. The van der Waals surface area contributed by atoms with Crippen LogP contribution in [0.15, 0.2) is 212 Å². The SMILES string of the molecule is c1ccc(-c2ccc(-c3cccc(-c4cc(-c5ccccc5)nc(-c5ccc6c(c5)sc5cccc(-n7c8ccccc8c8ccc9ccccc9c87)c56)n4)c3)cc2)cc1. The summed E-state index contributed by atoms with van der Waals surface area (Å²) in [5.41, 5.74) is 13.2. The Labute approximate surface area is 351 Å². The molecule has 9 aromatic carbocycles. The third kappa shape index (κ3) is 5.72. The summed E-state index contributed by atoms with van der Waals surface area (Å²) in [5.74, 6) is 0.706. The van der Waals surface area contributed by atoms with Crippen molar-refractivity contribution >= 4 is 64.1 Å². The Morgan fingerprint density at radius 3 is 1.77 bits per heavy atom.